The van der Waals surface area contributed by atoms with Crippen LogP contribution in [0.4, 0.5) is 10.9 Å². The second-order valence-corrected chi connectivity index (χ2v) is 6.37. The summed E-state index contributed by atoms with van der Waals surface area (Å²) < 4.78 is 0. The molecule has 0 spiro atoms. The molecule has 1 aromatic rings. The first kappa shape index (κ1) is 15.1. The number of anilines is 2. The number of carbonyl (C=O) groups excluding carboxylic acids is 1. The van der Waals surface area contributed by atoms with Gasteiger partial charge in [-0.05, 0) is 32.1 Å². The molecular formula is C14H24N4OS. The molecule has 112 valence electrons. The fraction of sp³-hybridized carbons (Fsp3) is 0.714. The number of amides is 1. The van der Waals surface area contributed by atoms with Gasteiger partial charge >= 0.3 is 0 Å². The number of nitrogens with zero attached hydrogens (tertiary/aromatic N) is 1. The van der Waals surface area contributed by atoms with E-state index in [1.165, 1.54) is 30.6 Å². The van der Waals surface area contributed by atoms with Crippen molar-refractivity contribution in [2.24, 2.45) is 0 Å². The summed E-state index contributed by atoms with van der Waals surface area (Å²) >= 11 is 1.36. The smallest absolute Gasteiger partial charge is 0.265 e. The van der Waals surface area contributed by atoms with Crippen LogP contribution in [0.25, 0.3) is 0 Å². The van der Waals surface area contributed by atoms with Crippen molar-refractivity contribution in [1.29, 1.82) is 0 Å². The van der Waals surface area contributed by atoms with E-state index in [4.69, 9.17) is 5.73 Å². The monoisotopic (exact) mass is 296 g/mol. The number of thiazole rings is 1. The van der Waals surface area contributed by atoms with Gasteiger partial charge in [0, 0.05) is 12.1 Å². The van der Waals surface area contributed by atoms with Gasteiger partial charge in [-0.3, -0.25) is 4.79 Å². The summed E-state index contributed by atoms with van der Waals surface area (Å²) in [4.78, 5) is 17.0. The maximum Gasteiger partial charge on any atom is 0.265 e. The molecule has 1 unspecified atom stereocenters. The second kappa shape index (κ2) is 6.92. The molecule has 0 aliphatic heterocycles. The highest BCUT2D eigenvalue weighted by molar-refractivity contribution is 7.18. The largest absolute Gasteiger partial charge is 0.382 e. The molecule has 1 aromatic heterocycles. The molecule has 0 saturated heterocycles. The molecule has 0 radical (unpaired) electrons. The van der Waals surface area contributed by atoms with Crippen LogP contribution in [0.3, 0.4) is 0 Å². The predicted molar refractivity (Wildman–Crippen MR) is 84.2 cm³/mol. The molecule has 2 rings (SSSR count). The van der Waals surface area contributed by atoms with Gasteiger partial charge in [0.25, 0.3) is 5.91 Å². The van der Waals surface area contributed by atoms with E-state index >= 15 is 0 Å². The van der Waals surface area contributed by atoms with Crippen molar-refractivity contribution in [2.75, 3.05) is 11.1 Å². The summed E-state index contributed by atoms with van der Waals surface area (Å²) in [5.41, 5.74) is 5.87. The van der Waals surface area contributed by atoms with Gasteiger partial charge in [0.05, 0.1) is 0 Å². The van der Waals surface area contributed by atoms with Crippen molar-refractivity contribution in [2.45, 2.75) is 64.5 Å². The van der Waals surface area contributed by atoms with Crippen molar-refractivity contribution < 1.29 is 4.79 Å². The maximum atomic E-state index is 12.2. The molecule has 1 heterocycles. The van der Waals surface area contributed by atoms with Crippen molar-refractivity contribution in [3.05, 3.63) is 4.88 Å². The summed E-state index contributed by atoms with van der Waals surface area (Å²) in [6, 6.07) is 0.719. The average Bonchev–Trinajstić information content (AvgIpc) is 2.74. The number of rotatable bonds is 7. The van der Waals surface area contributed by atoms with Crippen molar-refractivity contribution in [3.63, 3.8) is 0 Å². The zero-order valence-corrected chi connectivity index (χ0v) is 13.1. The van der Waals surface area contributed by atoms with E-state index in [1.807, 2.05) is 0 Å². The maximum absolute atomic E-state index is 12.2. The highest BCUT2D eigenvalue weighted by Gasteiger charge is 2.22. The Labute approximate surface area is 124 Å². The molecule has 0 bridgehead atoms. The number of hydrogen-bond donors (Lipinski definition) is 3. The van der Waals surface area contributed by atoms with Gasteiger partial charge in [-0.1, -0.05) is 31.6 Å². The van der Waals surface area contributed by atoms with Gasteiger partial charge in [0.15, 0.2) is 5.13 Å². The van der Waals surface area contributed by atoms with Crippen LogP contribution < -0.4 is 16.4 Å². The Morgan fingerprint density at radius 2 is 2.25 bits per heavy atom. The number of hydrogen-bond acceptors (Lipinski definition) is 5. The quantitative estimate of drug-likeness (QED) is 0.722. The van der Waals surface area contributed by atoms with Gasteiger partial charge in [0.1, 0.15) is 10.7 Å². The Balaban J connectivity index is 1.97. The van der Waals surface area contributed by atoms with Crippen LogP contribution in [-0.4, -0.2) is 23.0 Å². The lowest BCUT2D eigenvalue weighted by atomic mass is 9.93. The zero-order valence-electron chi connectivity index (χ0n) is 12.2. The summed E-state index contributed by atoms with van der Waals surface area (Å²) in [6.07, 6.45) is 6.61. The van der Waals surface area contributed by atoms with Crippen molar-refractivity contribution in [1.82, 2.24) is 10.3 Å². The van der Waals surface area contributed by atoms with Gasteiger partial charge in [-0.15, -0.1) is 0 Å². The van der Waals surface area contributed by atoms with Crippen LogP contribution >= 0.6 is 11.3 Å². The van der Waals surface area contributed by atoms with E-state index in [2.05, 4.69) is 29.5 Å². The molecule has 1 atom stereocenters. The van der Waals surface area contributed by atoms with Gasteiger partial charge < -0.3 is 16.4 Å². The summed E-state index contributed by atoms with van der Waals surface area (Å²) in [5.74, 6) is 0.239. The van der Waals surface area contributed by atoms with Crippen LogP contribution in [0, 0.1) is 0 Å². The summed E-state index contributed by atoms with van der Waals surface area (Å²) in [5, 5.41) is 7.14. The third-order valence-corrected chi connectivity index (χ3v) is 4.76. The van der Waals surface area contributed by atoms with Crippen LogP contribution in [0.5, 0.6) is 0 Å². The first-order chi connectivity index (χ1) is 9.63. The normalized spacial score (nSPS) is 16.5. The standard InChI is InChI=1S/C14H24N4OS/c1-3-6-9(4-2)16-13(19)11-12(15)18-14(20-11)17-10-7-5-8-10/h9-10H,3-8,15H2,1-2H3,(H,16,19)(H,17,18). The summed E-state index contributed by atoms with van der Waals surface area (Å²) in [6.45, 7) is 4.21. The molecule has 1 amide bonds. The summed E-state index contributed by atoms with van der Waals surface area (Å²) in [7, 11) is 0. The van der Waals surface area contributed by atoms with Crippen LogP contribution in [0.15, 0.2) is 0 Å². The first-order valence-corrected chi connectivity index (χ1v) is 8.29. The van der Waals surface area contributed by atoms with E-state index in [0.29, 0.717) is 16.7 Å². The zero-order chi connectivity index (χ0) is 14.5. The number of nitrogens with one attached hydrogen (secondary N) is 2. The molecule has 6 heteroatoms. The fourth-order valence-electron chi connectivity index (χ4n) is 2.26. The highest BCUT2D eigenvalue weighted by atomic mass is 32.1. The number of carbonyl (C=O) groups is 1. The molecule has 1 saturated carbocycles. The molecule has 5 nitrogen and oxygen atoms in total. The van der Waals surface area contributed by atoms with E-state index in [-0.39, 0.29) is 11.9 Å². The minimum atomic E-state index is -0.0954. The molecule has 1 fully saturated rings. The van der Waals surface area contributed by atoms with Crippen LogP contribution in [0.1, 0.15) is 62.0 Å². The highest BCUT2D eigenvalue weighted by Crippen LogP contribution is 2.29. The second-order valence-electron chi connectivity index (χ2n) is 5.37. The minimum Gasteiger partial charge on any atom is -0.382 e. The third-order valence-electron chi connectivity index (χ3n) is 3.76. The van der Waals surface area contributed by atoms with E-state index < -0.39 is 0 Å². The molecule has 1 aliphatic rings. The SMILES string of the molecule is CCCC(CC)NC(=O)c1sc(NC2CCC2)nc1N. The molecule has 1 aliphatic carbocycles. The predicted octanol–water partition coefficient (Wildman–Crippen LogP) is 3.00. The van der Waals surface area contributed by atoms with E-state index in [9.17, 15) is 4.79 Å². The first-order valence-electron chi connectivity index (χ1n) is 7.47. The van der Waals surface area contributed by atoms with E-state index in [0.717, 1.165) is 24.4 Å². The average molecular weight is 296 g/mol. The Kier molecular flexibility index (Phi) is 5.23. The number of nitrogens with two attached hydrogens (primary N) is 1. The fourth-order valence-corrected chi connectivity index (χ4v) is 3.13. The third kappa shape index (κ3) is 3.62. The van der Waals surface area contributed by atoms with Crippen LogP contribution in [-0.2, 0) is 0 Å². The number of aromatic nitrogens is 1. The van der Waals surface area contributed by atoms with Crippen LogP contribution in [0.2, 0.25) is 0 Å². The topological polar surface area (TPSA) is 80.0 Å². The Hall–Kier alpha value is -1.30. The number of nitrogen functional groups attached to an aromatic ring is 1. The lowest BCUT2D eigenvalue weighted by Gasteiger charge is -2.25. The Bertz CT molecular complexity index is 456. The minimum absolute atomic E-state index is 0.0954. The molecular weight excluding hydrogens is 272 g/mol. The molecule has 0 aromatic carbocycles. The molecule has 20 heavy (non-hydrogen) atoms. The van der Waals surface area contributed by atoms with Crippen molar-refractivity contribution >= 4 is 28.2 Å². The van der Waals surface area contributed by atoms with Gasteiger partial charge in [-0.25, -0.2) is 4.98 Å². The lowest BCUT2D eigenvalue weighted by Crippen LogP contribution is -2.34. The Morgan fingerprint density at radius 3 is 2.80 bits per heavy atom. The Morgan fingerprint density at radius 1 is 1.50 bits per heavy atom. The lowest BCUT2D eigenvalue weighted by molar-refractivity contribution is 0.0938. The van der Waals surface area contributed by atoms with Crippen molar-refractivity contribution in [3.8, 4) is 0 Å². The van der Waals surface area contributed by atoms with E-state index in [1.54, 1.807) is 0 Å². The van der Waals surface area contributed by atoms with Gasteiger partial charge in [0.2, 0.25) is 0 Å². The van der Waals surface area contributed by atoms with Gasteiger partial charge in [-0.2, -0.15) is 0 Å². The molecule has 4 N–H and O–H groups in total.